The van der Waals surface area contributed by atoms with Crippen molar-refractivity contribution >= 4 is 21.8 Å². The van der Waals surface area contributed by atoms with Crippen LogP contribution in [-0.4, -0.2) is 24.5 Å². The molecule has 60 heavy (non-hydrogen) atoms. The molecule has 0 N–H and O–H groups in total. The predicted molar refractivity (Wildman–Crippen MR) is 234 cm³/mol. The molecule has 0 fully saturated rings. The molecule has 10 aromatic rings. The van der Waals surface area contributed by atoms with Gasteiger partial charge in [0.15, 0.2) is 11.6 Å². The van der Waals surface area contributed by atoms with Crippen molar-refractivity contribution in [2.75, 3.05) is 0 Å². The summed E-state index contributed by atoms with van der Waals surface area (Å²) >= 11 is 0. The van der Waals surface area contributed by atoms with Crippen LogP contribution in [0.15, 0.2) is 188 Å². The Morgan fingerprint density at radius 3 is 1.38 bits per heavy atom. The standard InChI is InChI=1S/C52H34F3N5/c1-33-22-25-47-40(28-33)41-30-39(52(53,54)55)24-27-48(41)60(47)49-26-23-38(51-57-43(34-14-6-2-7-15-34)31-44(58-51)35-16-8-3-9-17-35)29-42(49)46-32-45(36-18-10-4-11-19-36)56-50(59-46)37-20-12-5-13-21-37/h2-32H,1H3. The zero-order valence-corrected chi connectivity index (χ0v) is 32.3. The SMILES string of the molecule is Cc1ccc2c(c1)c1cc(C(F)(F)F)ccc1n2-c1ccc(-c2nc(-c3ccccc3)cc(-c3ccccc3)n2)cc1-c1cc(-c2ccccc2)nc(-c2ccccc2)n1. The summed E-state index contributed by atoms with van der Waals surface area (Å²) in [4.78, 5) is 20.6. The van der Waals surface area contributed by atoms with Gasteiger partial charge in [0.1, 0.15) is 0 Å². The van der Waals surface area contributed by atoms with E-state index in [1.807, 2.05) is 181 Å². The second-order valence-electron chi connectivity index (χ2n) is 14.7. The summed E-state index contributed by atoms with van der Waals surface area (Å²) in [6.07, 6.45) is -4.51. The molecule has 0 saturated heterocycles. The maximum absolute atomic E-state index is 14.2. The van der Waals surface area contributed by atoms with Gasteiger partial charge in [-0.1, -0.05) is 133 Å². The Bertz CT molecular complexity index is 3070. The average Bonchev–Trinajstić information content (AvgIpc) is 3.62. The molecule has 0 atom stereocenters. The van der Waals surface area contributed by atoms with Crippen LogP contribution in [0.5, 0.6) is 0 Å². The molecule has 7 aromatic carbocycles. The van der Waals surface area contributed by atoms with Crippen molar-refractivity contribution < 1.29 is 13.2 Å². The van der Waals surface area contributed by atoms with Gasteiger partial charge >= 0.3 is 6.18 Å². The molecule has 0 amide bonds. The molecule has 0 unspecified atom stereocenters. The van der Waals surface area contributed by atoms with Gasteiger partial charge in [-0.05, 0) is 67.6 Å². The lowest BCUT2D eigenvalue weighted by Crippen LogP contribution is -2.05. The highest BCUT2D eigenvalue weighted by atomic mass is 19.4. The molecule has 0 spiro atoms. The van der Waals surface area contributed by atoms with Crippen LogP contribution in [-0.2, 0) is 6.18 Å². The lowest BCUT2D eigenvalue weighted by molar-refractivity contribution is -0.137. The second kappa shape index (κ2) is 14.9. The van der Waals surface area contributed by atoms with Gasteiger partial charge in [-0.25, -0.2) is 19.9 Å². The Balaban J connectivity index is 1.28. The zero-order chi connectivity index (χ0) is 40.8. The normalized spacial score (nSPS) is 11.7. The molecule has 3 heterocycles. The van der Waals surface area contributed by atoms with Crippen molar-refractivity contribution in [3.05, 3.63) is 199 Å². The van der Waals surface area contributed by atoms with Crippen LogP contribution < -0.4 is 0 Å². The minimum Gasteiger partial charge on any atom is -0.309 e. The third-order valence-electron chi connectivity index (χ3n) is 10.7. The summed E-state index contributed by atoms with van der Waals surface area (Å²) in [6.45, 7) is 1.95. The number of aromatic nitrogens is 5. The van der Waals surface area contributed by atoms with Crippen LogP contribution >= 0.6 is 0 Å². The van der Waals surface area contributed by atoms with Crippen LogP contribution in [0.2, 0.25) is 0 Å². The Morgan fingerprint density at radius 2 is 0.850 bits per heavy atom. The molecule has 8 heteroatoms. The number of fused-ring (bicyclic) bond motifs is 3. The van der Waals surface area contributed by atoms with E-state index in [4.69, 9.17) is 19.9 Å². The molecule has 0 saturated carbocycles. The topological polar surface area (TPSA) is 56.5 Å². The summed E-state index contributed by atoms with van der Waals surface area (Å²) in [5, 5.41) is 1.22. The van der Waals surface area contributed by atoms with E-state index in [0.29, 0.717) is 28.2 Å². The van der Waals surface area contributed by atoms with Crippen LogP contribution in [0.3, 0.4) is 0 Å². The second-order valence-corrected chi connectivity index (χ2v) is 14.7. The molecule has 288 valence electrons. The van der Waals surface area contributed by atoms with E-state index in [-0.39, 0.29) is 0 Å². The summed E-state index contributed by atoms with van der Waals surface area (Å²) in [5.74, 6) is 1.04. The molecule has 3 aromatic heterocycles. The van der Waals surface area contributed by atoms with Crippen molar-refractivity contribution in [1.82, 2.24) is 24.5 Å². The fourth-order valence-corrected chi connectivity index (χ4v) is 7.80. The highest BCUT2D eigenvalue weighted by Crippen LogP contribution is 2.41. The molecule has 0 bridgehead atoms. The number of alkyl halides is 3. The Labute approximate surface area is 344 Å². The van der Waals surface area contributed by atoms with Gasteiger partial charge < -0.3 is 4.57 Å². The molecule has 0 aliphatic heterocycles. The molecular weight excluding hydrogens is 752 g/mol. The number of nitrogens with zero attached hydrogens (tertiary/aromatic N) is 5. The maximum Gasteiger partial charge on any atom is 0.416 e. The Hall–Kier alpha value is -7.71. The predicted octanol–water partition coefficient (Wildman–Crippen LogP) is 13.7. The smallest absolute Gasteiger partial charge is 0.309 e. The molecule has 5 nitrogen and oxygen atoms in total. The minimum absolute atomic E-state index is 0.502. The third-order valence-corrected chi connectivity index (χ3v) is 10.7. The fourth-order valence-electron chi connectivity index (χ4n) is 7.80. The van der Waals surface area contributed by atoms with Crippen LogP contribution in [0.4, 0.5) is 13.2 Å². The van der Waals surface area contributed by atoms with Crippen molar-refractivity contribution in [2.24, 2.45) is 0 Å². The number of hydrogen-bond donors (Lipinski definition) is 0. The highest BCUT2D eigenvalue weighted by Gasteiger charge is 2.31. The van der Waals surface area contributed by atoms with Gasteiger partial charge in [0.05, 0.1) is 45.1 Å². The maximum atomic E-state index is 14.2. The zero-order valence-electron chi connectivity index (χ0n) is 32.3. The van der Waals surface area contributed by atoms with E-state index in [9.17, 15) is 13.2 Å². The largest absolute Gasteiger partial charge is 0.416 e. The van der Waals surface area contributed by atoms with Gasteiger partial charge in [0.2, 0.25) is 0 Å². The van der Waals surface area contributed by atoms with Gasteiger partial charge in [-0.3, -0.25) is 0 Å². The third kappa shape index (κ3) is 6.88. The van der Waals surface area contributed by atoms with E-state index in [1.54, 1.807) is 6.07 Å². The summed E-state index contributed by atoms with van der Waals surface area (Å²) in [6, 6.07) is 59.6. The molecule has 10 rings (SSSR count). The number of aryl methyl sites for hydroxylation is 1. The van der Waals surface area contributed by atoms with E-state index >= 15 is 0 Å². The first-order chi connectivity index (χ1) is 29.3. The number of hydrogen-bond acceptors (Lipinski definition) is 4. The van der Waals surface area contributed by atoms with Crippen molar-refractivity contribution in [1.29, 1.82) is 0 Å². The van der Waals surface area contributed by atoms with Gasteiger partial charge in [0.25, 0.3) is 0 Å². The summed E-state index contributed by atoms with van der Waals surface area (Å²) in [5.41, 5.74) is 10.3. The van der Waals surface area contributed by atoms with E-state index in [1.165, 1.54) is 6.07 Å². The van der Waals surface area contributed by atoms with Crippen molar-refractivity contribution in [2.45, 2.75) is 13.1 Å². The first kappa shape index (κ1) is 36.6. The Kier molecular flexibility index (Phi) is 9.10. The number of benzene rings is 7. The quantitative estimate of drug-likeness (QED) is 0.161. The van der Waals surface area contributed by atoms with Crippen LogP contribution in [0.25, 0.3) is 95.3 Å². The molecular formula is C52H34F3N5. The van der Waals surface area contributed by atoms with E-state index in [0.717, 1.165) is 78.7 Å². The first-order valence-electron chi connectivity index (χ1n) is 19.5. The molecule has 0 aliphatic carbocycles. The summed E-state index contributed by atoms with van der Waals surface area (Å²) < 4.78 is 44.7. The van der Waals surface area contributed by atoms with E-state index < -0.39 is 11.7 Å². The number of halogens is 3. The van der Waals surface area contributed by atoms with Gasteiger partial charge in [-0.2, -0.15) is 13.2 Å². The molecule has 0 radical (unpaired) electrons. The number of rotatable bonds is 7. The van der Waals surface area contributed by atoms with Crippen molar-refractivity contribution in [3.63, 3.8) is 0 Å². The summed E-state index contributed by atoms with van der Waals surface area (Å²) in [7, 11) is 0. The van der Waals surface area contributed by atoms with Crippen molar-refractivity contribution in [3.8, 4) is 73.5 Å². The van der Waals surface area contributed by atoms with Crippen LogP contribution in [0, 0.1) is 6.92 Å². The Morgan fingerprint density at radius 1 is 0.400 bits per heavy atom. The fraction of sp³-hybridized carbons (Fsp3) is 0.0385. The average molecular weight is 786 g/mol. The molecule has 0 aliphatic rings. The van der Waals surface area contributed by atoms with E-state index in [2.05, 4.69) is 0 Å². The van der Waals surface area contributed by atoms with Gasteiger partial charge in [0, 0.05) is 44.2 Å². The highest BCUT2D eigenvalue weighted by molar-refractivity contribution is 6.10. The monoisotopic (exact) mass is 785 g/mol. The van der Waals surface area contributed by atoms with Gasteiger partial charge in [-0.15, -0.1) is 0 Å². The minimum atomic E-state index is -4.51. The lowest BCUT2D eigenvalue weighted by atomic mass is 10.0. The van der Waals surface area contributed by atoms with Crippen LogP contribution in [0.1, 0.15) is 11.1 Å². The lowest BCUT2D eigenvalue weighted by Gasteiger charge is -2.17. The first-order valence-corrected chi connectivity index (χ1v) is 19.5.